The molecule has 0 aliphatic carbocycles. The Morgan fingerprint density at radius 3 is 2.31 bits per heavy atom. The third-order valence-electron chi connectivity index (χ3n) is 2.90. The minimum Gasteiger partial charge on any atom is -0.479 e. The van der Waals surface area contributed by atoms with Crippen LogP contribution < -0.4 is 0 Å². The highest BCUT2D eigenvalue weighted by Crippen LogP contribution is 2.23. The van der Waals surface area contributed by atoms with Crippen LogP contribution in [0.3, 0.4) is 0 Å². The Morgan fingerprint density at radius 1 is 1.38 bits per heavy atom. The average molecular weight is 221 g/mol. The fourth-order valence-electron chi connectivity index (χ4n) is 2.02. The van der Waals surface area contributed by atoms with Crippen LogP contribution in [-0.2, 0) is 17.9 Å². The molecule has 2 rings (SSSR count). The second-order valence-corrected chi connectivity index (χ2v) is 4.49. The zero-order chi connectivity index (χ0) is 11.8. The van der Waals surface area contributed by atoms with Crippen molar-refractivity contribution in [3.8, 4) is 0 Å². The van der Waals surface area contributed by atoms with Gasteiger partial charge in [-0.1, -0.05) is 24.3 Å². The minimum absolute atomic E-state index is 0.150. The smallest absolute Gasteiger partial charge is 0.336 e. The number of aliphatic carboxylic acids is 1. The summed E-state index contributed by atoms with van der Waals surface area (Å²) in [6.07, 6.45) is 0. The molecule has 1 atom stereocenters. The van der Waals surface area contributed by atoms with Crippen LogP contribution in [0, 0.1) is 0 Å². The van der Waals surface area contributed by atoms with Gasteiger partial charge in [0.25, 0.3) is 0 Å². The number of nitrogens with zero attached hydrogens (tertiary/aromatic N) is 1. The first kappa shape index (κ1) is 11.1. The maximum absolute atomic E-state index is 10.8. The standard InChI is InChI=1S/C12H15NO3/c1-12(16,11(14)15)8-13-6-9-4-2-3-5-10(9)7-13/h2-5,16H,6-8H2,1H3,(H,14,15)/t12-/m0/s1. The number of rotatable bonds is 3. The van der Waals surface area contributed by atoms with Gasteiger partial charge in [0, 0.05) is 19.6 Å². The highest BCUT2D eigenvalue weighted by Gasteiger charge is 2.34. The van der Waals surface area contributed by atoms with Gasteiger partial charge < -0.3 is 10.2 Å². The summed E-state index contributed by atoms with van der Waals surface area (Å²) in [5.74, 6) is -1.18. The first-order valence-electron chi connectivity index (χ1n) is 5.24. The number of carbonyl (C=O) groups is 1. The van der Waals surface area contributed by atoms with Crippen LogP contribution in [0.2, 0.25) is 0 Å². The van der Waals surface area contributed by atoms with Gasteiger partial charge in [0.1, 0.15) is 0 Å². The van der Waals surface area contributed by atoms with Gasteiger partial charge in [-0.3, -0.25) is 4.90 Å². The molecule has 0 saturated carbocycles. The first-order chi connectivity index (χ1) is 7.49. The zero-order valence-corrected chi connectivity index (χ0v) is 9.18. The molecular weight excluding hydrogens is 206 g/mol. The number of carboxylic acid groups (broad SMARTS) is 1. The summed E-state index contributed by atoms with van der Waals surface area (Å²) in [5, 5.41) is 18.5. The maximum atomic E-state index is 10.8. The van der Waals surface area contributed by atoms with Gasteiger partial charge >= 0.3 is 5.97 Å². The van der Waals surface area contributed by atoms with Gasteiger partial charge in [0.2, 0.25) is 0 Å². The molecule has 0 spiro atoms. The second kappa shape index (κ2) is 3.88. The molecule has 86 valence electrons. The molecule has 0 saturated heterocycles. The fourth-order valence-corrected chi connectivity index (χ4v) is 2.02. The Labute approximate surface area is 94.1 Å². The van der Waals surface area contributed by atoms with E-state index in [0.29, 0.717) is 13.1 Å². The van der Waals surface area contributed by atoms with Crippen molar-refractivity contribution in [1.29, 1.82) is 0 Å². The summed E-state index contributed by atoms with van der Waals surface area (Å²) < 4.78 is 0. The summed E-state index contributed by atoms with van der Waals surface area (Å²) in [4.78, 5) is 12.7. The van der Waals surface area contributed by atoms with Gasteiger partial charge in [-0.05, 0) is 18.1 Å². The molecule has 1 aromatic rings. The Kier molecular flexibility index (Phi) is 2.69. The lowest BCUT2D eigenvalue weighted by atomic mass is 10.1. The van der Waals surface area contributed by atoms with E-state index in [0.717, 1.165) is 0 Å². The van der Waals surface area contributed by atoms with E-state index < -0.39 is 11.6 Å². The van der Waals surface area contributed by atoms with E-state index in [1.54, 1.807) is 0 Å². The van der Waals surface area contributed by atoms with E-state index in [1.165, 1.54) is 18.1 Å². The topological polar surface area (TPSA) is 60.8 Å². The number of hydrogen-bond acceptors (Lipinski definition) is 3. The van der Waals surface area contributed by atoms with E-state index in [4.69, 9.17) is 5.11 Å². The first-order valence-corrected chi connectivity index (χ1v) is 5.24. The predicted octanol–water partition coefficient (Wildman–Crippen LogP) is 0.838. The van der Waals surface area contributed by atoms with Crippen molar-refractivity contribution < 1.29 is 15.0 Å². The average Bonchev–Trinajstić information content (AvgIpc) is 2.58. The van der Waals surface area contributed by atoms with Crippen molar-refractivity contribution >= 4 is 5.97 Å². The van der Waals surface area contributed by atoms with E-state index in [2.05, 4.69) is 0 Å². The third-order valence-corrected chi connectivity index (χ3v) is 2.90. The summed E-state index contributed by atoms with van der Waals surface area (Å²) in [7, 11) is 0. The molecule has 4 heteroatoms. The number of β-amino-alcohol motifs (C(OH)–C–C–N with tert-alkyl or cyclic N) is 1. The molecule has 2 N–H and O–H groups in total. The summed E-state index contributed by atoms with van der Waals surface area (Å²) >= 11 is 0. The van der Waals surface area contributed by atoms with Crippen molar-refractivity contribution in [2.75, 3.05) is 6.54 Å². The molecule has 1 aliphatic rings. The van der Waals surface area contributed by atoms with E-state index in [9.17, 15) is 9.90 Å². The van der Waals surface area contributed by atoms with E-state index >= 15 is 0 Å². The number of fused-ring (bicyclic) bond motifs is 1. The van der Waals surface area contributed by atoms with Crippen LogP contribution in [0.15, 0.2) is 24.3 Å². The molecule has 16 heavy (non-hydrogen) atoms. The van der Waals surface area contributed by atoms with Crippen molar-refractivity contribution in [3.63, 3.8) is 0 Å². The number of carboxylic acids is 1. The second-order valence-electron chi connectivity index (χ2n) is 4.49. The van der Waals surface area contributed by atoms with Crippen molar-refractivity contribution in [2.24, 2.45) is 0 Å². The molecule has 1 heterocycles. The fraction of sp³-hybridized carbons (Fsp3) is 0.417. The SMILES string of the molecule is C[C@](O)(CN1Cc2ccccc2C1)C(=O)O. The molecule has 1 aromatic carbocycles. The number of benzene rings is 1. The highest BCUT2D eigenvalue weighted by atomic mass is 16.4. The van der Waals surface area contributed by atoms with Gasteiger partial charge in [-0.25, -0.2) is 4.79 Å². The van der Waals surface area contributed by atoms with Crippen LogP contribution in [0.25, 0.3) is 0 Å². The highest BCUT2D eigenvalue weighted by molar-refractivity contribution is 5.76. The van der Waals surface area contributed by atoms with Gasteiger partial charge in [-0.15, -0.1) is 0 Å². The van der Waals surface area contributed by atoms with E-state index in [-0.39, 0.29) is 6.54 Å². The third kappa shape index (κ3) is 2.08. The van der Waals surface area contributed by atoms with Crippen molar-refractivity contribution in [1.82, 2.24) is 4.90 Å². The molecule has 0 unspecified atom stereocenters. The van der Waals surface area contributed by atoms with Crippen molar-refractivity contribution in [3.05, 3.63) is 35.4 Å². The molecule has 4 nitrogen and oxygen atoms in total. The monoisotopic (exact) mass is 221 g/mol. The Bertz CT molecular complexity index is 389. The van der Waals surface area contributed by atoms with Crippen LogP contribution in [0.4, 0.5) is 0 Å². The Balaban J connectivity index is 2.05. The quantitative estimate of drug-likeness (QED) is 0.794. The summed E-state index contributed by atoms with van der Waals surface area (Å²) in [6.45, 7) is 2.90. The number of aliphatic hydroxyl groups is 1. The minimum atomic E-state index is -1.68. The van der Waals surface area contributed by atoms with Crippen LogP contribution in [0.5, 0.6) is 0 Å². The largest absolute Gasteiger partial charge is 0.479 e. The van der Waals surface area contributed by atoms with E-state index in [1.807, 2.05) is 29.2 Å². The molecule has 0 aromatic heterocycles. The summed E-state index contributed by atoms with van der Waals surface area (Å²) in [6, 6.07) is 8.00. The van der Waals surface area contributed by atoms with Gasteiger partial charge in [0.05, 0.1) is 0 Å². The van der Waals surface area contributed by atoms with Crippen molar-refractivity contribution in [2.45, 2.75) is 25.6 Å². The number of hydrogen-bond donors (Lipinski definition) is 2. The van der Waals surface area contributed by atoms with Crippen LogP contribution in [0.1, 0.15) is 18.1 Å². The molecule has 0 radical (unpaired) electrons. The molecule has 0 bridgehead atoms. The van der Waals surface area contributed by atoms with Gasteiger partial charge in [-0.2, -0.15) is 0 Å². The van der Waals surface area contributed by atoms with Gasteiger partial charge in [0.15, 0.2) is 5.60 Å². The lowest BCUT2D eigenvalue weighted by molar-refractivity contribution is -0.158. The Morgan fingerprint density at radius 2 is 1.88 bits per heavy atom. The van der Waals surface area contributed by atoms with Crippen LogP contribution >= 0.6 is 0 Å². The molecule has 0 amide bonds. The normalized spacial score (nSPS) is 19.1. The lowest BCUT2D eigenvalue weighted by Gasteiger charge is -2.24. The Hall–Kier alpha value is -1.39. The lowest BCUT2D eigenvalue weighted by Crippen LogP contribution is -2.45. The predicted molar refractivity (Wildman–Crippen MR) is 58.8 cm³/mol. The zero-order valence-electron chi connectivity index (χ0n) is 9.18. The molecular formula is C12H15NO3. The maximum Gasteiger partial charge on any atom is 0.336 e. The molecule has 0 fully saturated rings. The summed E-state index contributed by atoms with van der Waals surface area (Å²) in [5.41, 5.74) is 0.745. The van der Waals surface area contributed by atoms with Crippen LogP contribution in [-0.4, -0.2) is 33.2 Å². The molecule has 1 aliphatic heterocycles.